The number of halogens is 1. The molecule has 1 fully saturated rings. The van der Waals surface area contributed by atoms with E-state index >= 15 is 0 Å². The van der Waals surface area contributed by atoms with E-state index in [2.05, 4.69) is 0 Å². The van der Waals surface area contributed by atoms with Crippen LogP contribution >= 0.6 is 12.4 Å². The third-order valence-electron chi connectivity index (χ3n) is 4.28. The van der Waals surface area contributed by atoms with Crippen LogP contribution in [0.15, 0.2) is 17.0 Å². The average molecular weight is 363 g/mol. The molecule has 0 spiro atoms. The van der Waals surface area contributed by atoms with Crippen LogP contribution in [0.2, 0.25) is 0 Å². The Hall–Kier alpha value is -0.820. The van der Waals surface area contributed by atoms with Crippen molar-refractivity contribution in [3.63, 3.8) is 0 Å². The Morgan fingerprint density at radius 3 is 2.52 bits per heavy atom. The number of nitrogens with two attached hydrogens (primary N) is 1. The van der Waals surface area contributed by atoms with Crippen LogP contribution in [0.5, 0.6) is 5.75 Å². The molecule has 1 aromatic rings. The smallest absolute Gasteiger partial charge is 0.247 e. The number of aryl methyl sites for hydroxylation is 2. The first-order chi connectivity index (χ1) is 10.3. The van der Waals surface area contributed by atoms with Crippen molar-refractivity contribution in [2.75, 3.05) is 13.7 Å². The van der Waals surface area contributed by atoms with Gasteiger partial charge in [0.1, 0.15) is 10.6 Å². The standard InChI is InChI=1S/C16H26N2O3S.ClH/c1-11-9-12(2)16(21-4)15(10-11)22(19,20)18-8-6-5-7-14(18)13(3)17;/h9-10,13-14H,5-8,17H2,1-4H3;1H. The van der Waals surface area contributed by atoms with Crippen molar-refractivity contribution in [3.05, 3.63) is 23.3 Å². The molecular formula is C16H27ClN2O3S. The Kier molecular flexibility index (Phi) is 6.89. The van der Waals surface area contributed by atoms with Crippen molar-refractivity contribution in [2.45, 2.75) is 57.0 Å². The van der Waals surface area contributed by atoms with Crippen LogP contribution in [0.25, 0.3) is 0 Å². The number of nitrogens with zero attached hydrogens (tertiary/aromatic N) is 1. The van der Waals surface area contributed by atoms with Gasteiger partial charge in [-0.3, -0.25) is 0 Å². The van der Waals surface area contributed by atoms with Gasteiger partial charge in [-0.25, -0.2) is 8.42 Å². The molecule has 7 heteroatoms. The van der Waals surface area contributed by atoms with Crippen LogP contribution in [-0.4, -0.2) is 38.5 Å². The molecule has 23 heavy (non-hydrogen) atoms. The summed E-state index contributed by atoms with van der Waals surface area (Å²) in [4.78, 5) is 0.250. The first kappa shape index (κ1) is 20.2. The van der Waals surface area contributed by atoms with Crippen molar-refractivity contribution in [3.8, 4) is 5.75 Å². The zero-order valence-corrected chi connectivity index (χ0v) is 15.8. The first-order valence-electron chi connectivity index (χ1n) is 7.71. The van der Waals surface area contributed by atoms with Gasteiger partial charge in [-0.05, 0) is 50.8 Å². The molecule has 2 atom stereocenters. The summed E-state index contributed by atoms with van der Waals surface area (Å²) in [6.45, 7) is 6.15. The number of ether oxygens (including phenoxy) is 1. The Bertz CT molecular complexity index is 647. The average Bonchev–Trinajstić information content (AvgIpc) is 2.46. The fourth-order valence-electron chi connectivity index (χ4n) is 3.25. The summed E-state index contributed by atoms with van der Waals surface area (Å²) < 4.78 is 33.3. The maximum Gasteiger partial charge on any atom is 0.247 e. The lowest BCUT2D eigenvalue weighted by Crippen LogP contribution is -2.51. The third kappa shape index (κ3) is 3.99. The van der Waals surface area contributed by atoms with Crippen molar-refractivity contribution < 1.29 is 13.2 Å². The number of piperidine rings is 1. The van der Waals surface area contributed by atoms with Crippen molar-refractivity contribution in [1.29, 1.82) is 0 Å². The number of rotatable bonds is 4. The molecule has 2 N–H and O–H groups in total. The second-order valence-corrected chi connectivity index (χ2v) is 8.01. The Morgan fingerprint density at radius 2 is 1.96 bits per heavy atom. The van der Waals surface area contributed by atoms with E-state index in [0.717, 1.165) is 30.4 Å². The highest BCUT2D eigenvalue weighted by Gasteiger charge is 2.37. The van der Waals surface area contributed by atoms with Gasteiger partial charge in [0.25, 0.3) is 0 Å². The molecule has 2 rings (SSSR count). The zero-order chi connectivity index (χ0) is 16.5. The Labute approximate surface area is 145 Å². The molecular weight excluding hydrogens is 336 g/mol. The molecule has 0 saturated carbocycles. The van der Waals surface area contributed by atoms with Gasteiger partial charge in [-0.1, -0.05) is 12.5 Å². The minimum absolute atomic E-state index is 0. The van der Waals surface area contributed by atoms with Gasteiger partial charge in [0.15, 0.2) is 0 Å². The van der Waals surface area contributed by atoms with Crippen molar-refractivity contribution >= 4 is 22.4 Å². The van der Waals surface area contributed by atoms with Gasteiger partial charge in [0, 0.05) is 18.6 Å². The summed E-state index contributed by atoms with van der Waals surface area (Å²) >= 11 is 0. The highest BCUT2D eigenvalue weighted by molar-refractivity contribution is 7.89. The number of methoxy groups -OCH3 is 1. The fourth-order valence-corrected chi connectivity index (χ4v) is 5.34. The lowest BCUT2D eigenvalue weighted by molar-refractivity contribution is 0.226. The van der Waals surface area contributed by atoms with E-state index in [1.807, 2.05) is 26.8 Å². The van der Waals surface area contributed by atoms with Crippen LogP contribution in [0.4, 0.5) is 0 Å². The largest absolute Gasteiger partial charge is 0.495 e. The Morgan fingerprint density at radius 1 is 1.30 bits per heavy atom. The van der Waals surface area contributed by atoms with Crippen LogP contribution < -0.4 is 10.5 Å². The molecule has 0 aliphatic carbocycles. The van der Waals surface area contributed by atoms with Gasteiger partial charge in [0.2, 0.25) is 10.0 Å². The van der Waals surface area contributed by atoms with Gasteiger partial charge in [0.05, 0.1) is 7.11 Å². The van der Waals surface area contributed by atoms with E-state index in [1.165, 1.54) is 7.11 Å². The quantitative estimate of drug-likeness (QED) is 0.893. The van der Waals surface area contributed by atoms with Crippen molar-refractivity contribution in [1.82, 2.24) is 4.31 Å². The van der Waals surface area contributed by atoms with Crippen LogP contribution in [0.1, 0.15) is 37.3 Å². The van der Waals surface area contributed by atoms with E-state index in [9.17, 15) is 8.42 Å². The Balaban J connectivity index is 0.00000264. The number of hydrogen-bond donors (Lipinski definition) is 1. The van der Waals surface area contributed by atoms with Crippen LogP contribution in [0, 0.1) is 13.8 Å². The van der Waals surface area contributed by atoms with E-state index in [-0.39, 0.29) is 29.4 Å². The first-order valence-corrected chi connectivity index (χ1v) is 9.15. The number of sulfonamides is 1. The molecule has 132 valence electrons. The molecule has 0 radical (unpaired) electrons. The summed E-state index contributed by atoms with van der Waals surface area (Å²) in [5, 5.41) is 0. The molecule has 0 aromatic heterocycles. The fraction of sp³-hybridized carbons (Fsp3) is 0.625. The lowest BCUT2D eigenvalue weighted by Gasteiger charge is -2.37. The number of hydrogen-bond acceptors (Lipinski definition) is 4. The maximum absolute atomic E-state index is 13.2. The van der Waals surface area contributed by atoms with E-state index in [0.29, 0.717) is 12.3 Å². The van der Waals surface area contributed by atoms with E-state index in [1.54, 1.807) is 10.4 Å². The summed E-state index contributed by atoms with van der Waals surface area (Å²) in [6.07, 6.45) is 2.70. The molecule has 1 aromatic carbocycles. The monoisotopic (exact) mass is 362 g/mol. The molecule has 5 nitrogen and oxygen atoms in total. The second kappa shape index (κ2) is 7.83. The molecule has 0 bridgehead atoms. The molecule has 1 heterocycles. The van der Waals surface area contributed by atoms with Crippen molar-refractivity contribution in [2.24, 2.45) is 5.73 Å². The molecule has 1 aliphatic heterocycles. The molecule has 1 saturated heterocycles. The maximum atomic E-state index is 13.2. The lowest BCUT2D eigenvalue weighted by atomic mass is 10.00. The molecule has 1 aliphatic rings. The predicted octanol–water partition coefficient (Wildman–Crippen LogP) is 2.62. The SMILES string of the molecule is COc1c(C)cc(C)cc1S(=O)(=O)N1CCCCC1C(C)N.Cl. The van der Waals surface area contributed by atoms with Crippen LogP contribution in [-0.2, 0) is 10.0 Å². The summed E-state index contributed by atoms with van der Waals surface area (Å²) in [5.74, 6) is 0.430. The summed E-state index contributed by atoms with van der Waals surface area (Å²) in [6, 6.07) is 3.28. The number of benzene rings is 1. The van der Waals surface area contributed by atoms with E-state index in [4.69, 9.17) is 10.5 Å². The normalized spacial score (nSPS) is 20.7. The molecule has 0 amide bonds. The van der Waals surface area contributed by atoms with E-state index < -0.39 is 10.0 Å². The van der Waals surface area contributed by atoms with Gasteiger partial charge >= 0.3 is 0 Å². The highest BCUT2D eigenvalue weighted by atomic mass is 35.5. The predicted molar refractivity (Wildman–Crippen MR) is 94.9 cm³/mol. The highest BCUT2D eigenvalue weighted by Crippen LogP contribution is 2.34. The molecule has 2 unspecified atom stereocenters. The minimum Gasteiger partial charge on any atom is -0.495 e. The summed E-state index contributed by atoms with van der Waals surface area (Å²) in [5.41, 5.74) is 7.76. The summed E-state index contributed by atoms with van der Waals surface area (Å²) in [7, 11) is -2.11. The minimum atomic E-state index is -3.62. The topological polar surface area (TPSA) is 72.6 Å². The van der Waals surface area contributed by atoms with Crippen LogP contribution in [0.3, 0.4) is 0 Å². The van der Waals surface area contributed by atoms with Gasteiger partial charge in [-0.2, -0.15) is 4.31 Å². The third-order valence-corrected chi connectivity index (χ3v) is 6.21. The second-order valence-electron chi connectivity index (χ2n) is 6.15. The zero-order valence-electron chi connectivity index (χ0n) is 14.2. The van der Waals surface area contributed by atoms with Gasteiger partial charge < -0.3 is 10.5 Å². The van der Waals surface area contributed by atoms with Gasteiger partial charge in [-0.15, -0.1) is 12.4 Å².